The fourth-order valence-corrected chi connectivity index (χ4v) is 2.30. The Morgan fingerprint density at radius 3 is 3.00 bits per heavy atom. The van der Waals surface area contributed by atoms with Gasteiger partial charge in [-0.05, 0) is 30.2 Å². The molecule has 18 heavy (non-hydrogen) atoms. The second-order valence-corrected chi connectivity index (χ2v) is 4.88. The molecule has 0 amide bonds. The van der Waals surface area contributed by atoms with E-state index < -0.39 is 6.04 Å². The second-order valence-electron chi connectivity index (χ2n) is 4.03. The zero-order valence-electron chi connectivity index (χ0n) is 9.98. The zero-order chi connectivity index (χ0) is 13.1. The van der Waals surface area contributed by atoms with Gasteiger partial charge in [-0.1, -0.05) is 28.1 Å². The highest BCUT2D eigenvalue weighted by atomic mass is 79.9. The van der Waals surface area contributed by atoms with Crippen LogP contribution in [0.15, 0.2) is 28.9 Å². The molecule has 0 aliphatic rings. The summed E-state index contributed by atoms with van der Waals surface area (Å²) < 4.78 is 15.8. The van der Waals surface area contributed by atoms with Gasteiger partial charge in [0, 0.05) is 11.0 Å². The molecule has 1 heterocycles. The largest absolute Gasteiger partial charge is 0.319 e. The number of rotatable bonds is 4. The van der Waals surface area contributed by atoms with E-state index in [1.165, 1.54) is 12.1 Å². The molecule has 96 valence electrons. The molecule has 2 N–H and O–H groups in total. The molecule has 0 saturated carbocycles. The van der Waals surface area contributed by atoms with Gasteiger partial charge in [0.1, 0.15) is 5.82 Å². The molecular formula is C12H14BrFN4. The van der Waals surface area contributed by atoms with Crippen LogP contribution in [0, 0.1) is 5.82 Å². The Bertz CT molecular complexity index is 541. The minimum Gasteiger partial charge on any atom is -0.319 e. The standard InChI is InChI=1S/C12H14BrFN4/c1-2-5-18-11(7-16-17-18)12(15)9-6-8(14)3-4-10(9)13/h3-4,6-7,12H,2,5,15H2,1H3. The molecule has 4 nitrogen and oxygen atoms in total. The first-order valence-electron chi connectivity index (χ1n) is 5.72. The third-order valence-corrected chi connectivity index (χ3v) is 3.42. The van der Waals surface area contributed by atoms with Crippen molar-refractivity contribution in [2.24, 2.45) is 5.73 Å². The van der Waals surface area contributed by atoms with Gasteiger partial charge in [0.15, 0.2) is 0 Å². The quantitative estimate of drug-likeness (QED) is 0.944. The first-order valence-corrected chi connectivity index (χ1v) is 6.51. The van der Waals surface area contributed by atoms with E-state index in [0.717, 1.165) is 23.1 Å². The SMILES string of the molecule is CCCn1nncc1C(N)c1cc(F)ccc1Br. The summed E-state index contributed by atoms with van der Waals surface area (Å²) in [6, 6.07) is 4.02. The predicted octanol–water partition coefficient (Wildman–Crippen LogP) is 2.64. The fraction of sp³-hybridized carbons (Fsp3) is 0.333. The molecule has 1 atom stereocenters. The highest BCUT2D eigenvalue weighted by Gasteiger charge is 2.17. The summed E-state index contributed by atoms with van der Waals surface area (Å²) in [5.74, 6) is -0.307. The van der Waals surface area contributed by atoms with Crippen LogP contribution in [0.2, 0.25) is 0 Å². The van der Waals surface area contributed by atoms with Crippen LogP contribution in [0.4, 0.5) is 4.39 Å². The molecule has 0 bridgehead atoms. The monoisotopic (exact) mass is 312 g/mol. The lowest BCUT2D eigenvalue weighted by Crippen LogP contribution is -2.18. The summed E-state index contributed by atoms with van der Waals surface area (Å²) in [6.45, 7) is 2.80. The van der Waals surface area contributed by atoms with Gasteiger partial charge in [-0.25, -0.2) is 9.07 Å². The number of nitrogens with two attached hydrogens (primary N) is 1. The average Bonchev–Trinajstić information content (AvgIpc) is 2.80. The van der Waals surface area contributed by atoms with Gasteiger partial charge in [0.25, 0.3) is 0 Å². The van der Waals surface area contributed by atoms with E-state index in [2.05, 4.69) is 33.2 Å². The molecule has 6 heteroatoms. The topological polar surface area (TPSA) is 56.7 Å². The number of nitrogens with zero attached hydrogens (tertiary/aromatic N) is 3. The van der Waals surface area contributed by atoms with Crippen molar-refractivity contribution in [2.75, 3.05) is 0 Å². The molecule has 1 aromatic heterocycles. The van der Waals surface area contributed by atoms with Crippen LogP contribution in [0.5, 0.6) is 0 Å². The lowest BCUT2D eigenvalue weighted by Gasteiger charge is -2.15. The molecule has 1 aromatic carbocycles. The highest BCUT2D eigenvalue weighted by molar-refractivity contribution is 9.10. The van der Waals surface area contributed by atoms with E-state index in [1.54, 1.807) is 16.9 Å². The smallest absolute Gasteiger partial charge is 0.123 e. The maximum absolute atomic E-state index is 13.3. The summed E-state index contributed by atoms with van der Waals surface area (Å²) >= 11 is 3.38. The van der Waals surface area contributed by atoms with Crippen molar-refractivity contribution in [3.63, 3.8) is 0 Å². The lowest BCUT2D eigenvalue weighted by molar-refractivity contribution is 0.542. The van der Waals surface area contributed by atoms with Gasteiger partial charge in [0.2, 0.25) is 0 Å². The molecule has 1 unspecified atom stereocenters. The number of hydrogen-bond acceptors (Lipinski definition) is 3. The Kier molecular flexibility index (Phi) is 4.08. The van der Waals surface area contributed by atoms with Gasteiger partial charge >= 0.3 is 0 Å². The van der Waals surface area contributed by atoms with Crippen molar-refractivity contribution in [2.45, 2.75) is 25.9 Å². The van der Waals surface area contributed by atoms with Crippen molar-refractivity contribution >= 4 is 15.9 Å². The molecule has 0 aliphatic heterocycles. The average molecular weight is 313 g/mol. The third-order valence-electron chi connectivity index (χ3n) is 2.69. The summed E-state index contributed by atoms with van der Waals surface area (Å²) in [6.07, 6.45) is 2.56. The Morgan fingerprint density at radius 1 is 1.50 bits per heavy atom. The summed E-state index contributed by atoms with van der Waals surface area (Å²) in [5.41, 5.74) is 7.63. The molecule has 0 fully saturated rings. The Hall–Kier alpha value is -1.27. The van der Waals surface area contributed by atoms with E-state index in [-0.39, 0.29) is 5.82 Å². The van der Waals surface area contributed by atoms with Gasteiger partial charge in [-0.15, -0.1) is 5.10 Å². The summed E-state index contributed by atoms with van der Waals surface area (Å²) in [4.78, 5) is 0. The third kappa shape index (κ3) is 2.59. The van der Waals surface area contributed by atoms with Crippen molar-refractivity contribution in [1.82, 2.24) is 15.0 Å². The molecular weight excluding hydrogens is 299 g/mol. The predicted molar refractivity (Wildman–Crippen MR) is 70.4 cm³/mol. The van der Waals surface area contributed by atoms with Crippen LogP contribution in [-0.4, -0.2) is 15.0 Å². The Labute approximate surface area is 113 Å². The van der Waals surface area contributed by atoms with Crippen LogP contribution < -0.4 is 5.73 Å². The maximum atomic E-state index is 13.3. The number of halogens is 2. The molecule has 0 radical (unpaired) electrons. The second kappa shape index (κ2) is 5.58. The van der Waals surface area contributed by atoms with Crippen LogP contribution in [0.3, 0.4) is 0 Å². The molecule has 2 aromatic rings. The number of aromatic nitrogens is 3. The van der Waals surface area contributed by atoms with E-state index in [4.69, 9.17) is 5.73 Å². The van der Waals surface area contributed by atoms with E-state index in [1.807, 2.05) is 0 Å². The molecule has 0 spiro atoms. The first-order chi connectivity index (χ1) is 8.63. The minimum absolute atomic E-state index is 0.307. The van der Waals surface area contributed by atoms with Crippen LogP contribution in [-0.2, 0) is 6.54 Å². The molecule has 0 aliphatic carbocycles. The number of aryl methyl sites for hydroxylation is 1. The van der Waals surface area contributed by atoms with Gasteiger partial charge in [0.05, 0.1) is 17.9 Å². The summed E-state index contributed by atoms with van der Waals surface area (Å²) in [5, 5.41) is 7.85. The minimum atomic E-state index is -0.448. The Balaban J connectivity index is 2.38. The van der Waals surface area contributed by atoms with Crippen molar-refractivity contribution in [1.29, 1.82) is 0 Å². The first kappa shape index (κ1) is 13.2. The van der Waals surface area contributed by atoms with Crippen LogP contribution in [0.25, 0.3) is 0 Å². The van der Waals surface area contributed by atoms with Crippen LogP contribution in [0.1, 0.15) is 30.6 Å². The van der Waals surface area contributed by atoms with Gasteiger partial charge in [-0.2, -0.15) is 0 Å². The van der Waals surface area contributed by atoms with Crippen molar-refractivity contribution < 1.29 is 4.39 Å². The number of hydrogen-bond donors (Lipinski definition) is 1. The maximum Gasteiger partial charge on any atom is 0.123 e. The van der Waals surface area contributed by atoms with E-state index >= 15 is 0 Å². The van der Waals surface area contributed by atoms with Gasteiger partial charge in [-0.3, -0.25) is 0 Å². The van der Waals surface area contributed by atoms with E-state index in [0.29, 0.717) is 5.56 Å². The highest BCUT2D eigenvalue weighted by Crippen LogP contribution is 2.27. The zero-order valence-corrected chi connectivity index (χ0v) is 11.6. The molecule has 0 saturated heterocycles. The Morgan fingerprint density at radius 2 is 2.28 bits per heavy atom. The van der Waals surface area contributed by atoms with Gasteiger partial charge < -0.3 is 5.73 Å². The van der Waals surface area contributed by atoms with Crippen molar-refractivity contribution in [3.8, 4) is 0 Å². The van der Waals surface area contributed by atoms with Crippen LogP contribution >= 0.6 is 15.9 Å². The summed E-state index contributed by atoms with van der Waals surface area (Å²) in [7, 11) is 0. The van der Waals surface area contributed by atoms with E-state index in [9.17, 15) is 4.39 Å². The lowest BCUT2D eigenvalue weighted by atomic mass is 10.0. The normalized spacial score (nSPS) is 12.7. The van der Waals surface area contributed by atoms with Crippen molar-refractivity contribution in [3.05, 3.63) is 45.9 Å². The fourth-order valence-electron chi connectivity index (χ4n) is 1.80. The molecule has 2 rings (SSSR count). The number of benzene rings is 1.